The number of aldehydes is 1. The summed E-state index contributed by atoms with van der Waals surface area (Å²) in [5.74, 6) is -0.333. The zero-order chi connectivity index (χ0) is 16.9. The van der Waals surface area contributed by atoms with Crippen molar-refractivity contribution in [2.75, 3.05) is 5.32 Å². The van der Waals surface area contributed by atoms with Gasteiger partial charge in [-0.2, -0.15) is 0 Å². The number of hydrogen-bond donors (Lipinski definition) is 1. The fourth-order valence-electron chi connectivity index (χ4n) is 2.35. The second-order valence-electron chi connectivity index (χ2n) is 5.25. The first-order valence-corrected chi connectivity index (χ1v) is 7.42. The molecule has 0 unspecified atom stereocenters. The summed E-state index contributed by atoms with van der Waals surface area (Å²) in [6, 6.07) is 14.6. The van der Waals surface area contributed by atoms with Crippen LogP contribution in [0.15, 0.2) is 60.9 Å². The molecule has 0 aliphatic rings. The van der Waals surface area contributed by atoms with Crippen LogP contribution in [0.5, 0.6) is 0 Å². The Morgan fingerprint density at radius 3 is 2.50 bits per heavy atom. The number of carbonyl (C=O) groups is 2. The molecule has 3 aromatic rings. The molecule has 0 atom stereocenters. The smallest absolute Gasteiger partial charge is 0.274 e. The summed E-state index contributed by atoms with van der Waals surface area (Å²) in [6.45, 7) is 1.91. The number of nitrogens with zero attached hydrogens (tertiary/aromatic N) is 2. The minimum absolute atomic E-state index is 0.248. The third kappa shape index (κ3) is 3.20. The normalized spacial score (nSPS) is 10.2. The van der Waals surface area contributed by atoms with Crippen LogP contribution >= 0.6 is 0 Å². The molecule has 0 spiro atoms. The Morgan fingerprint density at radius 2 is 1.83 bits per heavy atom. The monoisotopic (exact) mass is 317 g/mol. The number of hydrogen-bond acceptors (Lipinski definition) is 4. The zero-order valence-electron chi connectivity index (χ0n) is 13.1. The molecule has 0 fully saturated rings. The van der Waals surface area contributed by atoms with Crippen molar-refractivity contribution in [2.45, 2.75) is 6.92 Å². The highest BCUT2D eigenvalue weighted by molar-refractivity contribution is 6.03. The molecule has 0 bridgehead atoms. The molecule has 1 aromatic carbocycles. The first-order valence-electron chi connectivity index (χ1n) is 7.42. The van der Waals surface area contributed by atoms with Gasteiger partial charge in [0.2, 0.25) is 0 Å². The van der Waals surface area contributed by atoms with Gasteiger partial charge >= 0.3 is 0 Å². The second-order valence-corrected chi connectivity index (χ2v) is 5.25. The predicted molar refractivity (Wildman–Crippen MR) is 92.0 cm³/mol. The highest BCUT2D eigenvalue weighted by Gasteiger charge is 2.12. The van der Waals surface area contributed by atoms with E-state index in [0.717, 1.165) is 16.8 Å². The summed E-state index contributed by atoms with van der Waals surface area (Å²) < 4.78 is 0. The SMILES string of the molecule is Cc1c(NC(=O)c2ccc(C=O)cn2)ccnc1-c1ccccc1. The average molecular weight is 317 g/mol. The maximum Gasteiger partial charge on any atom is 0.274 e. The molecule has 24 heavy (non-hydrogen) atoms. The van der Waals surface area contributed by atoms with E-state index in [9.17, 15) is 9.59 Å². The topological polar surface area (TPSA) is 72.0 Å². The van der Waals surface area contributed by atoms with Crippen molar-refractivity contribution in [1.82, 2.24) is 9.97 Å². The minimum Gasteiger partial charge on any atom is -0.320 e. The molecule has 5 nitrogen and oxygen atoms in total. The van der Waals surface area contributed by atoms with Crippen LogP contribution in [0.4, 0.5) is 5.69 Å². The molecule has 0 aliphatic heterocycles. The molecule has 118 valence electrons. The maximum atomic E-state index is 12.3. The largest absolute Gasteiger partial charge is 0.320 e. The fourth-order valence-corrected chi connectivity index (χ4v) is 2.35. The van der Waals surface area contributed by atoms with E-state index >= 15 is 0 Å². The highest BCUT2D eigenvalue weighted by atomic mass is 16.1. The Hall–Kier alpha value is -3.34. The molecule has 1 amide bonds. The van der Waals surface area contributed by atoms with E-state index in [1.165, 1.54) is 12.3 Å². The van der Waals surface area contributed by atoms with Gasteiger partial charge < -0.3 is 5.32 Å². The second kappa shape index (κ2) is 6.83. The first kappa shape index (κ1) is 15.6. The third-order valence-electron chi connectivity index (χ3n) is 3.65. The number of amides is 1. The van der Waals surface area contributed by atoms with Gasteiger partial charge in [0.15, 0.2) is 6.29 Å². The average Bonchev–Trinajstić information content (AvgIpc) is 2.64. The molecule has 2 aromatic heterocycles. The van der Waals surface area contributed by atoms with E-state index < -0.39 is 0 Å². The maximum absolute atomic E-state index is 12.3. The molecule has 0 aliphatic carbocycles. The van der Waals surface area contributed by atoms with Crippen LogP contribution in [-0.2, 0) is 0 Å². The van der Waals surface area contributed by atoms with Gasteiger partial charge in [0, 0.05) is 29.2 Å². The van der Waals surface area contributed by atoms with Crippen molar-refractivity contribution < 1.29 is 9.59 Å². The number of aromatic nitrogens is 2. The lowest BCUT2D eigenvalue weighted by Crippen LogP contribution is -2.15. The molecule has 0 radical (unpaired) electrons. The van der Waals surface area contributed by atoms with E-state index in [1.807, 2.05) is 37.3 Å². The molecule has 0 saturated heterocycles. The number of rotatable bonds is 4. The summed E-state index contributed by atoms with van der Waals surface area (Å²) in [5.41, 5.74) is 4.03. The summed E-state index contributed by atoms with van der Waals surface area (Å²) in [4.78, 5) is 31.4. The lowest BCUT2D eigenvalue weighted by molar-refractivity contribution is 0.102. The van der Waals surface area contributed by atoms with Crippen LogP contribution < -0.4 is 5.32 Å². The van der Waals surface area contributed by atoms with Crippen molar-refractivity contribution in [3.05, 3.63) is 77.7 Å². The first-order chi connectivity index (χ1) is 11.7. The molecular weight excluding hydrogens is 302 g/mol. The Bertz CT molecular complexity index is 875. The van der Waals surface area contributed by atoms with Gasteiger partial charge in [-0.05, 0) is 30.7 Å². The van der Waals surface area contributed by atoms with Crippen LogP contribution in [-0.4, -0.2) is 22.2 Å². The van der Waals surface area contributed by atoms with Gasteiger partial charge in [-0.15, -0.1) is 0 Å². The number of benzene rings is 1. The van der Waals surface area contributed by atoms with Crippen molar-refractivity contribution in [1.29, 1.82) is 0 Å². The molecular formula is C19H15N3O2. The van der Waals surface area contributed by atoms with Crippen LogP contribution in [0.3, 0.4) is 0 Å². The van der Waals surface area contributed by atoms with Gasteiger partial charge in [-0.1, -0.05) is 30.3 Å². The molecule has 5 heteroatoms. The van der Waals surface area contributed by atoms with Crippen molar-refractivity contribution >= 4 is 17.9 Å². The number of anilines is 1. The number of pyridine rings is 2. The fraction of sp³-hybridized carbons (Fsp3) is 0.0526. The standard InChI is InChI=1S/C19H15N3O2/c1-13-16(9-10-20-18(13)15-5-3-2-4-6-15)22-19(24)17-8-7-14(12-23)11-21-17/h2-12H,1H3,(H,20,22,24). The third-order valence-corrected chi connectivity index (χ3v) is 3.65. The minimum atomic E-state index is -0.333. The van der Waals surface area contributed by atoms with Crippen LogP contribution in [0.25, 0.3) is 11.3 Å². The molecule has 2 heterocycles. The molecule has 3 rings (SSSR count). The van der Waals surface area contributed by atoms with Gasteiger partial charge in [0.25, 0.3) is 5.91 Å². The summed E-state index contributed by atoms with van der Waals surface area (Å²) in [6.07, 6.45) is 3.72. The predicted octanol–water partition coefficient (Wildman–Crippen LogP) is 3.52. The van der Waals surface area contributed by atoms with Crippen LogP contribution in [0, 0.1) is 6.92 Å². The Labute approximate surface area is 139 Å². The Kier molecular flexibility index (Phi) is 4.43. The molecule has 1 N–H and O–H groups in total. The summed E-state index contributed by atoms with van der Waals surface area (Å²) in [5, 5.41) is 2.84. The zero-order valence-corrected chi connectivity index (χ0v) is 13.1. The van der Waals surface area contributed by atoms with Gasteiger partial charge in [-0.3, -0.25) is 19.6 Å². The lowest BCUT2D eigenvalue weighted by Gasteiger charge is -2.11. The van der Waals surface area contributed by atoms with E-state index in [2.05, 4.69) is 15.3 Å². The molecule has 0 saturated carbocycles. The van der Waals surface area contributed by atoms with Gasteiger partial charge in [0.1, 0.15) is 5.69 Å². The Balaban J connectivity index is 1.87. The van der Waals surface area contributed by atoms with Gasteiger partial charge in [0.05, 0.1) is 5.69 Å². The van der Waals surface area contributed by atoms with Crippen LogP contribution in [0.1, 0.15) is 26.4 Å². The summed E-state index contributed by atoms with van der Waals surface area (Å²) in [7, 11) is 0. The van der Waals surface area contributed by atoms with E-state index in [0.29, 0.717) is 17.5 Å². The van der Waals surface area contributed by atoms with Crippen molar-refractivity contribution in [3.63, 3.8) is 0 Å². The number of nitrogens with one attached hydrogen (secondary N) is 1. The van der Waals surface area contributed by atoms with Gasteiger partial charge in [-0.25, -0.2) is 0 Å². The lowest BCUT2D eigenvalue weighted by atomic mass is 10.1. The van der Waals surface area contributed by atoms with E-state index in [1.54, 1.807) is 18.3 Å². The Morgan fingerprint density at radius 1 is 1.04 bits per heavy atom. The summed E-state index contributed by atoms with van der Waals surface area (Å²) >= 11 is 0. The van der Waals surface area contributed by atoms with E-state index in [-0.39, 0.29) is 11.6 Å². The quantitative estimate of drug-likeness (QED) is 0.747. The van der Waals surface area contributed by atoms with Crippen molar-refractivity contribution in [2.24, 2.45) is 0 Å². The number of carbonyl (C=O) groups excluding carboxylic acids is 2. The van der Waals surface area contributed by atoms with Crippen LogP contribution in [0.2, 0.25) is 0 Å². The highest BCUT2D eigenvalue weighted by Crippen LogP contribution is 2.26. The van der Waals surface area contributed by atoms with Crippen molar-refractivity contribution in [3.8, 4) is 11.3 Å². The van der Waals surface area contributed by atoms with E-state index in [4.69, 9.17) is 0 Å².